The van der Waals surface area contributed by atoms with Crippen molar-refractivity contribution in [2.45, 2.75) is 37.4 Å². The molecule has 0 saturated carbocycles. The largest absolute Gasteiger partial charge is 0.432 e. The van der Waals surface area contributed by atoms with Crippen molar-refractivity contribution < 1.29 is 14.1 Å². The molecule has 2 aromatic rings. The third-order valence-electron chi connectivity index (χ3n) is 4.68. The van der Waals surface area contributed by atoms with Crippen molar-refractivity contribution in [3.63, 3.8) is 0 Å². The Kier molecular flexibility index (Phi) is 3.53. The van der Waals surface area contributed by atoms with Gasteiger partial charge >= 0.3 is 5.91 Å². The van der Waals surface area contributed by atoms with E-state index in [-0.39, 0.29) is 29.3 Å². The number of carbonyl (C=O) groups excluding carboxylic acids is 1. The number of benzene rings is 1. The van der Waals surface area contributed by atoms with Crippen molar-refractivity contribution in [3.8, 4) is 11.3 Å². The highest BCUT2D eigenvalue weighted by Gasteiger charge is 2.40. The lowest BCUT2D eigenvalue weighted by atomic mass is 9.95. The van der Waals surface area contributed by atoms with Crippen LogP contribution in [0.15, 0.2) is 34.9 Å². The maximum atomic E-state index is 12.3. The summed E-state index contributed by atoms with van der Waals surface area (Å²) in [5, 5.41) is 17.5. The SMILES string of the molecule is O=C(NC1CC2CCC1N2)c1ncc(-c2ccccc2[N+](=O)[O-])o1. The Labute approximate surface area is 137 Å². The van der Waals surface area contributed by atoms with Crippen LogP contribution in [0.1, 0.15) is 29.9 Å². The van der Waals surface area contributed by atoms with E-state index in [1.807, 2.05) is 0 Å². The van der Waals surface area contributed by atoms with Gasteiger partial charge in [-0.05, 0) is 25.3 Å². The van der Waals surface area contributed by atoms with Crippen LogP contribution in [-0.2, 0) is 0 Å². The van der Waals surface area contributed by atoms with E-state index >= 15 is 0 Å². The average Bonchev–Trinajstić information content (AvgIpc) is 3.31. The fourth-order valence-electron chi connectivity index (χ4n) is 3.56. The van der Waals surface area contributed by atoms with Crippen molar-refractivity contribution in [1.82, 2.24) is 15.6 Å². The summed E-state index contributed by atoms with van der Waals surface area (Å²) in [7, 11) is 0. The minimum absolute atomic E-state index is 0.0778. The van der Waals surface area contributed by atoms with E-state index in [1.54, 1.807) is 18.2 Å². The van der Waals surface area contributed by atoms with Gasteiger partial charge in [0.05, 0.1) is 16.7 Å². The Bertz CT molecular complexity index is 803. The Morgan fingerprint density at radius 3 is 2.92 bits per heavy atom. The molecule has 2 aliphatic heterocycles. The Morgan fingerprint density at radius 1 is 1.38 bits per heavy atom. The Morgan fingerprint density at radius 2 is 2.21 bits per heavy atom. The van der Waals surface area contributed by atoms with Gasteiger partial charge in [0.1, 0.15) is 0 Å². The number of carbonyl (C=O) groups is 1. The number of nitro benzene ring substituents is 1. The van der Waals surface area contributed by atoms with Crippen LogP contribution >= 0.6 is 0 Å². The molecule has 2 aliphatic rings. The number of amides is 1. The Hall–Kier alpha value is -2.74. The molecule has 0 radical (unpaired) electrons. The summed E-state index contributed by atoms with van der Waals surface area (Å²) in [4.78, 5) is 26.9. The van der Waals surface area contributed by atoms with Gasteiger partial charge in [0, 0.05) is 24.2 Å². The number of para-hydroxylation sites is 1. The molecule has 1 aromatic carbocycles. The number of nitro groups is 1. The molecule has 2 bridgehead atoms. The standard InChI is InChI=1S/C16H16N4O4/c21-15(19-12-7-9-5-6-11(12)18-9)16-17-8-14(24-16)10-3-1-2-4-13(10)20(22)23/h1-4,8-9,11-12,18H,5-7H2,(H,19,21). The molecule has 8 heteroatoms. The molecule has 3 unspecified atom stereocenters. The molecule has 0 aliphatic carbocycles. The fraction of sp³-hybridized carbons (Fsp3) is 0.375. The summed E-state index contributed by atoms with van der Waals surface area (Å²) in [6.07, 6.45) is 4.46. The molecule has 1 aromatic heterocycles. The number of fused-ring (bicyclic) bond motifs is 2. The molecular weight excluding hydrogens is 312 g/mol. The number of nitrogens with zero attached hydrogens (tertiary/aromatic N) is 2. The minimum atomic E-state index is -0.488. The van der Waals surface area contributed by atoms with Gasteiger partial charge in [0.25, 0.3) is 11.6 Å². The highest BCUT2D eigenvalue weighted by atomic mass is 16.6. The minimum Gasteiger partial charge on any atom is -0.432 e. The van der Waals surface area contributed by atoms with E-state index in [0.29, 0.717) is 17.6 Å². The monoisotopic (exact) mass is 328 g/mol. The second-order valence-electron chi connectivity index (χ2n) is 6.17. The van der Waals surface area contributed by atoms with Gasteiger partial charge in [-0.25, -0.2) is 4.98 Å². The van der Waals surface area contributed by atoms with E-state index in [9.17, 15) is 14.9 Å². The zero-order chi connectivity index (χ0) is 16.7. The predicted molar refractivity (Wildman–Crippen MR) is 84.4 cm³/mol. The quantitative estimate of drug-likeness (QED) is 0.655. The lowest BCUT2D eigenvalue weighted by Crippen LogP contribution is -2.43. The van der Waals surface area contributed by atoms with Crippen LogP contribution in [0.25, 0.3) is 11.3 Å². The maximum absolute atomic E-state index is 12.3. The van der Waals surface area contributed by atoms with Crippen molar-refractivity contribution in [2.24, 2.45) is 0 Å². The number of oxazole rings is 1. The molecule has 1 amide bonds. The molecule has 3 heterocycles. The van der Waals surface area contributed by atoms with Gasteiger partial charge in [0.15, 0.2) is 5.76 Å². The van der Waals surface area contributed by atoms with Gasteiger partial charge in [-0.3, -0.25) is 14.9 Å². The van der Waals surface area contributed by atoms with Gasteiger partial charge in [0.2, 0.25) is 0 Å². The summed E-state index contributed by atoms with van der Waals surface area (Å²) in [6.45, 7) is 0. The number of rotatable bonds is 4. The van der Waals surface area contributed by atoms with Gasteiger partial charge in [-0.2, -0.15) is 0 Å². The number of nitrogens with one attached hydrogen (secondary N) is 2. The van der Waals surface area contributed by atoms with Crippen molar-refractivity contribution in [2.75, 3.05) is 0 Å². The zero-order valence-corrected chi connectivity index (χ0v) is 12.8. The zero-order valence-electron chi connectivity index (χ0n) is 12.8. The fourth-order valence-corrected chi connectivity index (χ4v) is 3.56. The summed E-state index contributed by atoms with van der Waals surface area (Å²) in [5.74, 6) is -0.261. The second-order valence-corrected chi connectivity index (χ2v) is 6.17. The lowest BCUT2D eigenvalue weighted by Gasteiger charge is -2.20. The van der Waals surface area contributed by atoms with Crippen LogP contribution in [0.5, 0.6) is 0 Å². The molecule has 3 atom stereocenters. The smallest absolute Gasteiger partial charge is 0.307 e. The second kappa shape index (κ2) is 5.72. The van der Waals surface area contributed by atoms with Crippen molar-refractivity contribution in [3.05, 3.63) is 46.5 Å². The first kappa shape index (κ1) is 14.8. The molecule has 0 spiro atoms. The van der Waals surface area contributed by atoms with Gasteiger partial charge in [-0.15, -0.1) is 0 Å². The number of aromatic nitrogens is 1. The summed E-state index contributed by atoms with van der Waals surface area (Å²) in [5.41, 5.74) is 0.216. The van der Waals surface area contributed by atoms with E-state index in [2.05, 4.69) is 15.6 Å². The van der Waals surface area contributed by atoms with Crippen LogP contribution < -0.4 is 10.6 Å². The maximum Gasteiger partial charge on any atom is 0.307 e. The van der Waals surface area contributed by atoms with Gasteiger partial charge in [-0.1, -0.05) is 12.1 Å². The number of hydrogen-bond donors (Lipinski definition) is 2. The highest BCUT2D eigenvalue weighted by molar-refractivity contribution is 5.90. The molecule has 8 nitrogen and oxygen atoms in total. The highest BCUT2D eigenvalue weighted by Crippen LogP contribution is 2.31. The predicted octanol–water partition coefficient (Wildman–Crippen LogP) is 1.87. The van der Waals surface area contributed by atoms with Gasteiger partial charge < -0.3 is 15.1 Å². The Balaban J connectivity index is 1.53. The van der Waals surface area contributed by atoms with E-state index in [4.69, 9.17) is 4.42 Å². The van der Waals surface area contributed by atoms with Crippen LogP contribution in [0, 0.1) is 10.1 Å². The van der Waals surface area contributed by atoms with Crippen molar-refractivity contribution >= 4 is 11.6 Å². The molecule has 124 valence electrons. The molecule has 24 heavy (non-hydrogen) atoms. The molecular formula is C16H16N4O4. The van der Waals surface area contributed by atoms with Crippen LogP contribution in [0.2, 0.25) is 0 Å². The lowest BCUT2D eigenvalue weighted by molar-refractivity contribution is -0.384. The molecule has 2 N–H and O–H groups in total. The first-order valence-electron chi connectivity index (χ1n) is 7.88. The third-order valence-corrected chi connectivity index (χ3v) is 4.68. The summed E-state index contributed by atoms with van der Waals surface area (Å²) in [6, 6.07) is 7.08. The average molecular weight is 328 g/mol. The van der Waals surface area contributed by atoms with Crippen molar-refractivity contribution in [1.29, 1.82) is 0 Å². The number of hydrogen-bond acceptors (Lipinski definition) is 6. The molecule has 4 rings (SSSR count). The normalized spacial score (nSPS) is 24.9. The van der Waals surface area contributed by atoms with E-state index < -0.39 is 4.92 Å². The van der Waals surface area contributed by atoms with E-state index in [1.165, 1.54) is 12.3 Å². The molecule has 2 saturated heterocycles. The first-order chi connectivity index (χ1) is 11.6. The summed E-state index contributed by atoms with van der Waals surface area (Å²) < 4.78 is 5.46. The molecule has 2 fully saturated rings. The summed E-state index contributed by atoms with van der Waals surface area (Å²) >= 11 is 0. The van der Waals surface area contributed by atoms with Crippen LogP contribution in [0.3, 0.4) is 0 Å². The van der Waals surface area contributed by atoms with Crippen LogP contribution in [0.4, 0.5) is 5.69 Å². The topological polar surface area (TPSA) is 110 Å². The first-order valence-corrected chi connectivity index (χ1v) is 7.88. The van der Waals surface area contributed by atoms with Crippen LogP contribution in [-0.4, -0.2) is 33.9 Å². The van der Waals surface area contributed by atoms with E-state index in [0.717, 1.165) is 19.3 Å². The third kappa shape index (κ3) is 2.54.